The first-order valence-corrected chi connectivity index (χ1v) is 8.44. The number of rotatable bonds is 13. The van der Waals surface area contributed by atoms with Crippen LogP contribution in [0.15, 0.2) is 12.3 Å². The van der Waals surface area contributed by atoms with Crippen molar-refractivity contribution >= 4 is 0 Å². The van der Waals surface area contributed by atoms with E-state index in [4.69, 9.17) is 0 Å². The lowest BCUT2D eigenvalue weighted by Gasteiger charge is -2.10. The summed E-state index contributed by atoms with van der Waals surface area (Å²) in [6.45, 7) is 14.5. The van der Waals surface area contributed by atoms with Gasteiger partial charge >= 0.3 is 0 Å². The number of hydrogen-bond donors (Lipinski definition) is 1. The maximum Gasteiger partial charge on any atom is 0.0143 e. The molecule has 0 bridgehead atoms. The van der Waals surface area contributed by atoms with E-state index < -0.39 is 0 Å². The Morgan fingerprint density at radius 3 is 1.84 bits per heavy atom. The summed E-state index contributed by atoms with van der Waals surface area (Å²) in [4.78, 5) is 0. The molecule has 0 spiro atoms. The molecule has 114 valence electrons. The summed E-state index contributed by atoms with van der Waals surface area (Å²) in [5.74, 6) is 1.71. The average Bonchev–Trinajstić information content (AvgIpc) is 2.32. The van der Waals surface area contributed by atoms with Crippen LogP contribution in [0.25, 0.3) is 0 Å². The summed E-state index contributed by atoms with van der Waals surface area (Å²) in [6.07, 6.45) is 11.9. The van der Waals surface area contributed by atoms with Gasteiger partial charge in [0, 0.05) is 12.2 Å². The molecule has 0 radical (unpaired) electrons. The third-order valence-electron chi connectivity index (χ3n) is 3.59. The molecule has 0 aromatic carbocycles. The number of nitrogens with one attached hydrogen (secondary N) is 1. The highest BCUT2D eigenvalue weighted by Crippen LogP contribution is 2.11. The van der Waals surface area contributed by atoms with Crippen molar-refractivity contribution in [2.45, 2.75) is 85.5 Å². The van der Waals surface area contributed by atoms with Gasteiger partial charge in [-0.3, -0.25) is 0 Å². The topological polar surface area (TPSA) is 12.0 Å². The predicted octanol–water partition coefficient (Wildman–Crippen LogP) is 5.91. The first kappa shape index (κ1) is 18.5. The van der Waals surface area contributed by atoms with Gasteiger partial charge in [-0.1, -0.05) is 72.8 Å². The fourth-order valence-corrected chi connectivity index (χ4v) is 2.28. The zero-order valence-corrected chi connectivity index (χ0v) is 13.9. The molecule has 0 aromatic heterocycles. The summed E-state index contributed by atoms with van der Waals surface area (Å²) in [5, 5.41) is 3.48. The van der Waals surface area contributed by atoms with Crippen LogP contribution < -0.4 is 5.32 Å². The monoisotopic (exact) mass is 267 g/mol. The van der Waals surface area contributed by atoms with E-state index in [1.807, 2.05) is 0 Å². The SMILES string of the molecule is C=C(CCCCCC(C)C)NCCCCCC(C)C. The summed E-state index contributed by atoms with van der Waals surface area (Å²) in [7, 11) is 0. The molecule has 0 amide bonds. The molecule has 0 rings (SSSR count). The van der Waals surface area contributed by atoms with Gasteiger partial charge in [0.2, 0.25) is 0 Å². The van der Waals surface area contributed by atoms with Gasteiger partial charge in [-0.15, -0.1) is 0 Å². The van der Waals surface area contributed by atoms with E-state index in [-0.39, 0.29) is 0 Å². The Bertz CT molecular complexity index is 206. The van der Waals surface area contributed by atoms with E-state index in [0.717, 1.165) is 24.8 Å². The first-order valence-electron chi connectivity index (χ1n) is 8.44. The second-order valence-electron chi connectivity index (χ2n) is 6.77. The van der Waals surface area contributed by atoms with E-state index in [1.165, 1.54) is 57.1 Å². The van der Waals surface area contributed by atoms with Crippen LogP contribution in [-0.4, -0.2) is 6.54 Å². The maximum atomic E-state index is 4.12. The van der Waals surface area contributed by atoms with Gasteiger partial charge in [-0.2, -0.15) is 0 Å². The Kier molecular flexibility index (Phi) is 12.3. The number of allylic oxidation sites excluding steroid dienone is 1. The van der Waals surface area contributed by atoms with Crippen molar-refractivity contribution in [1.29, 1.82) is 0 Å². The van der Waals surface area contributed by atoms with Crippen LogP contribution in [0.5, 0.6) is 0 Å². The Morgan fingerprint density at radius 1 is 0.789 bits per heavy atom. The zero-order chi connectivity index (χ0) is 14.5. The Labute approximate surface area is 122 Å². The predicted molar refractivity (Wildman–Crippen MR) is 88.4 cm³/mol. The molecule has 19 heavy (non-hydrogen) atoms. The van der Waals surface area contributed by atoms with Crippen LogP contribution in [0, 0.1) is 11.8 Å². The normalized spacial score (nSPS) is 11.3. The van der Waals surface area contributed by atoms with Crippen LogP contribution in [-0.2, 0) is 0 Å². The molecule has 0 heterocycles. The van der Waals surface area contributed by atoms with Crippen LogP contribution in [0.4, 0.5) is 0 Å². The standard InChI is InChI=1S/C18H37N/c1-16(2)12-8-6-10-14-18(5)19-15-11-7-9-13-17(3)4/h16-17,19H,5-15H2,1-4H3. The van der Waals surface area contributed by atoms with Crippen molar-refractivity contribution in [2.75, 3.05) is 6.54 Å². The lowest BCUT2D eigenvalue weighted by atomic mass is 10.0. The van der Waals surface area contributed by atoms with Crippen molar-refractivity contribution in [3.8, 4) is 0 Å². The molecule has 0 unspecified atom stereocenters. The highest BCUT2D eigenvalue weighted by molar-refractivity contribution is 4.90. The van der Waals surface area contributed by atoms with Gasteiger partial charge in [0.05, 0.1) is 0 Å². The Hall–Kier alpha value is -0.460. The van der Waals surface area contributed by atoms with Crippen molar-refractivity contribution in [3.05, 3.63) is 12.3 Å². The molecule has 1 N–H and O–H groups in total. The van der Waals surface area contributed by atoms with Crippen LogP contribution in [0.3, 0.4) is 0 Å². The minimum absolute atomic E-state index is 0.854. The van der Waals surface area contributed by atoms with Crippen LogP contribution in [0.2, 0.25) is 0 Å². The van der Waals surface area contributed by atoms with Gasteiger partial charge in [0.25, 0.3) is 0 Å². The minimum Gasteiger partial charge on any atom is -0.389 e. The molecule has 0 saturated carbocycles. The van der Waals surface area contributed by atoms with E-state index in [1.54, 1.807) is 0 Å². The smallest absolute Gasteiger partial charge is 0.0143 e. The van der Waals surface area contributed by atoms with E-state index in [0.29, 0.717) is 0 Å². The molecule has 0 aliphatic carbocycles. The summed E-state index contributed by atoms with van der Waals surface area (Å²) in [6, 6.07) is 0. The summed E-state index contributed by atoms with van der Waals surface area (Å²) in [5.41, 5.74) is 1.24. The fourth-order valence-electron chi connectivity index (χ4n) is 2.28. The number of hydrogen-bond acceptors (Lipinski definition) is 1. The zero-order valence-electron chi connectivity index (χ0n) is 13.9. The lowest BCUT2D eigenvalue weighted by Crippen LogP contribution is -2.13. The van der Waals surface area contributed by atoms with E-state index in [2.05, 4.69) is 39.6 Å². The lowest BCUT2D eigenvalue weighted by molar-refractivity contribution is 0.514. The van der Waals surface area contributed by atoms with Crippen LogP contribution >= 0.6 is 0 Å². The molecule has 0 aromatic rings. The van der Waals surface area contributed by atoms with Crippen molar-refractivity contribution in [1.82, 2.24) is 5.32 Å². The molecule has 0 saturated heterocycles. The van der Waals surface area contributed by atoms with Gasteiger partial charge in [-0.05, 0) is 31.1 Å². The van der Waals surface area contributed by atoms with E-state index in [9.17, 15) is 0 Å². The molecule has 0 aliphatic rings. The second-order valence-corrected chi connectivity index (χ2v) is 6.77. The molecule has 0 atom stereocenters. The van der Waals surface area contributed by atoms with Crippen molar-refractivity contribution < 1.29 is 0 Å². The van der Waals surface area contributed by atoms with Crippen molar-refractivity contribution in [3.63, 3.8) is 0 Å². The molecule has 1 heteroatoms. The van der Waals surface area contributed by atoms with E-state index >= 15 is 0 Å². The summed E-state index contributed by atoms with van der Waals surface area (Å²) >= 11 is 0. The molecular formula is C18H37N. The maximum absolute atomic E-state index is 4.12. The quantitative estimate of drug-likeness (QED) is 0.409. The third kappa shape index (κ3) is 15.5. The van der Waals surface area contributed by atoms with Gasteiger partial charge in [0.15, 0.2) is 0 Å². The number of unbranched alkanes of at least 4 members (excludes halogenated alkanes) is 4. The van der Waals surface area contributed by atoms with Crippen LogP contribution in [0.1, 0.15) is 85.5 Å². The largest absolute Gasteiger partial charge is 0.389 e. The highest BCUT2D eigenvalue weighted by Gasteiger charge is 1.98. The third-order valence-corrected chi connectivity index (χ3v) is 3.59. The fraction of sp³-hybridized carbons (Fsp3) is 0.889. The van der Waals surface area contributed by atoms with Crippen molar-refractivity contribution in [2.24, 2.45) is 11.8 Å². The second kappa shape index (κ2) is 12.6. The molecule has 0 fully saturated rings. The minimum atomic E-state index is 0.854. The summed E-state index contributed by atoms with van der Waals surface area (Å²) < 4.78 is 0. The van der Waals surface area contributed by atoms with Gasteiger partial charge in [-0.25, -0.2) is 0 Å². The molecular weight excluding hydrogens is 230 g/mol. The molecule has 1 nitrogen and oxygen atoms in total. The first-order chi connectivity index (χ1) is 9.02. The Morgan fingerprint density at radius 2 is 1.32 bits per heavy atom. The van der Waals surface area contributed by atoms with Gasteiger partial charge in [0.1, 0.15) is 0 Å². The molecule has 0 aliphatic heterocycles. The average molecular weight is 268 g/mol. The Balaban J connectivity index is 3.21. The van der Waals surface area contributed by atoms with Gasteiger partial charge < -0.3 is 5.32 Å². The highest BCUT2D eigenvalue weighted by atomic mass is 14.9.